The Morgan fingerprint density at radius 3 is 2.39 bits per heavy atom. The topological polar surface area (TPSA) is 38.0 Å². The SMILES string of the molecule is Cc1ccc(NC(=O)C[NH+]2CC[NH+](C)CC2)cc1. The van der Waals surface area contributed by atoms with Gasteiger partial charge >= 0.3 is 0 Å². The molecule has 1 heterocycles. The van der Waals surface area contributed by atoms with Crippen molar-refractivity contribution in [2.24, 2.45) is 0 Å². The molecule has 0 unspecified atom stereocenters. The van der Waals surface area contributed by atoms with E-state index in [2.05, 4.69) is 12.4 Å². The largest absolute Gasteiger partial charge is 0.328 e. The second-order valence-electron chi connectivity index (χ2n) is 5.30. The minimum atomic E-state index is 0.119. The summed E-state index contributed by atoms with van der Waals surface area (Å²) in [5.41, 5.74) is 2.10. The normalized spacial score (nSPS) is 23.7. The number of amides is 1. The summed E-state index contributed by atoms with van der Waals surface area (Å²) in [4.78, 5) is 14.9. The fourth-order valence-corrected chi connectivity index (χ4v) is 2.28. The van der Waals surface area contributed by atoms with Gasteiger partial charge in [-0.05, 0) is 19.1 Å². The number of piperazine rings is 1. The van der Waals surface area contributed by atoms with Gasteiger partial charge in [-0.3, -0.25) is 4.79 Å². The number of nitrogens with one attached hydrogen (secondary N) is 3. The highest BCUT2D eigenvalue weighted by molar-refractivity contribution is 5.91. The molecule has 2 rings (SSSR count). The monoisotopic (exact) mass is 249 g/mol. The van der Waals surface area contributed by atoms with E-state index in [4.69, 9.17) is 0 Å². The molecule has 0 radical (unpaired) electrons. The van der Waals surface area contributed by atoms with Crippen LogP contribution in [0.4, 0.5) is 5.69 Å². The van der Waals surface area contributed by atoms with E-state index in [-0.39, 0.29) is 5.91 Å². The van der Waals surface area contributed by atoms with E-state index in [0.29, 0.717) is 6.54 Å². The molecule has 0 aliphatic carbocycles. The van der Waals surface area contributed by atoms with Crippen molar-refractivity contribution in [2.45, 2.75) is 6.92 Å². The molecule has 1 aromatic rings. The number of benzene rings is 1. The highest BCUT2D eigenvalue weighted by atomic mass is 16.2. The van der Waals surface area contributed by atoms with Crippen molar-refractivity contribution in [3.8, 4) is 0 Å². The third-order valence-corrected chi connectivity index (χ3v) is 3.56. The highest BCUT2D eigenvalue weighted by Crippen LogP contribution is 2.07. The number of hydrogen-bond acceptors (Lipinski definition) is 1. The van der Waals surface area contributed by atoms with Crippen LogP contribution in [-0.4, -0.2) is 45.7 Å². The van der Waals surface area contributed by atoms with E-state index in [9.17, 15) is 4.79 Å². The third kappa shape index (κ3) is 3.82. The van der Waals surface area contributed by atoms with Crippen molar-refractivity contribution >= 4 is 11.6 Å². The first-order valence-electron chi connectivity index (χ1n) is 6.65. The molecule has 98 valence electrons. The van der Waals surface area contributed by atoms with E-state index in [1.807, 2.05) is 31.2 Å². The molecule has 0 atom stereocenters. The van der Waals surface area contributed by atoms with Crippen LogP contribution >= 0.6 is 0 Å². The first-order valence-corrected chi connectivity index (χ1v) is 6.65. The molecule has 4 nitrogen and oxygen atoms in total. The summed E-state index contributed by atoms with van der Waals surface area (Å²) >= 11 is 0. The van der Waals surface area contributed by atoms with Crippen molar-refractivity contribution in [1.29, 1.82) is 0 Å². The standard InChI is InChI=1S/C14H21N3O/c1-12-3-5-13(6-4-12)15-14(18)11-17-9-7-16(2)8-10-17/h3-6H,7-11H2,1-2H3,(H,15,18)/p+2. The molecule has 1 aromatic carbocycles. The lowest BCUT2D eigenvalue weighted by atomic mass is 10.2. The summed E-state index contributed by atoms with van der Waals surface area (Å²) in [5, 5.41) is 2.96. The van der Waals surface area contributed by atoms with Crippen LogP contribution in [0.5, 0.6) is 0 Å². The summed E-state index contributed by atoms with van der Waals surface area (Å²) in [6.45, 7) is 7.13. The summed E-state index contributed by atoms with van der Waals surface area (Å²) in [7, 11) is 2.21. The van der Waals surface area contributed by atoms with Gasteiger partial charge in [0.15, 0.2) is 6.54 Å². The number of hydrogen-bond donors (Lipinski definition) is 3. The molecule has 0 spiro atoms. The van der Waals surface area contributed by atoms with Crippen LogP contribution in [0.25, 0.3) is 0 Å². The molecule has 1 fully saturated rings. The Morgan fingerprint density at radius 1 is 1.17 bits per heavy atom. The quantitative estimate of drug-likeness (QED) is 0.590. The van der Waals surface area contributed by atoms with Crippen molar-refractivity contribution < 1.29 is 14.6 Å². The van der Waals surface area contributed by atoms with Gasteiger partial charge in [-0.2, -0.15) is 0 Å². The molecule has 4 heteroatoms. The van der Waals surface area contributed by atoms with Gasteiger partial charge in [0.1, 0.15) is 26.2 Å². The van der Waals surface area contributed by atoms with Crippen LogP contribution in [-0.2, 0) is 4.79 Å². The van der Waals surface area contributed by atoms with Crippen LogP contribution in [0, 0.1) is 6.92 Å². The third-order valence-electron chi connectivity index (χ3n) is 3.56. The minimum Gasteiger partial charge on any atom is -0.328 e. The van der Waals surface area contributed by atoms with Crippen LogP contribution in [0.2, 0.25) is 0 Å². The summed E-state index contributed by atoms with van der Waals surface area (Å²) in [5.74, 6) is 0.119. The predicted molar refractivity (Wildman–Crippen MR) is 72.0 cm³/mol. The average molecular weight is 249 g/mol. The Labute approximate surface area is 109 Å². The molecule has 0 aromatic heterocycles. The summed E-state index contributed by atoms with van der Waals surface area (Å²) in [6, 6.07) is 7.94. The summed E-state index contributed by atoms with van der Waals surface area (Å²) in [6.07, 6.45) is 0. The molecule has 3 N–H and O–H groups in total. The lowest BCUT2D eigenvalue weighted by molar-refractivity contribution is -0.999. The van der Waals surface area contributed by atoms with Crippen LogP contribution in [0.1, 0.15) is 5.56 Å². The molecule has 0 bridgehead atoms. The Bertz CT molecular complexity index is 394. The van der Waals surface area contributed by atoms with Crippen molar-refractivity contribution in [3.05, 3.63) is 29.8 Å². The molecule has 18 heavy (non-hydrogen) atoms. The van der Waals surface area contributed by atoms with E-state index in [1.165, 1.54) is 10.5 Å². The van der Waals surface area contributed by atoms with Gasteiger partial charge in [0, 0.05) is 5.69 Å². The molecule has 1 saturated heterocycles. The second kappa shape index (κ2) is 5.98. The van der Waals surface area contributed by atoms with Gasteiger partial charge in [-0.1, -0.05) is 17.7 Å². The number of quaternary nitrogens is 2. The number of anilines is 1. The zero-order valence-electron chi connectivity index (χ0n) is 11.3. The number of carbonyl (C=O) groups excluding carboxylic acids is 1. The maximum absolute atomic E-state index is 11.9. The molecular formula is C14H23N3O+2. The van der Waals surface area contributed by atoms with Crippen LogP contribution < -0.4 is 15.1 Å². The van der Waals surface area contributed by atoms with Crippen molar-refractivity contribution in [1.82, 2.24) is 0 Å². The molecule has 1 aliphatic heterocycles. The Morgan fingerprint density at radius 2 is 1.78 bits per heavy atom. The average Bonchev–Trinajstić information content (AvgIpc) is 2.35. The molecule has 1 aliphatic rings. The van der Waals surface area contributed by atoms with Crippen LogP contribution in [0.3, 0.4) is 0 Å². The molecule has 0 saturated carbocycles. The Kier molecular flexibility index (Phi) is 4.33. The van der Waals surface area contributed by atoms with Gasteiger partial charge in [0.05, 0.1) is 7.05 Å². The molecule has 1 amide bonds. The fourth-order valence-electron chi connectivity index (χ4n) is 2.28. The highest BCUT2D eigenvalue weighted by Gasteiger charge is 2.22. The number of rotatable bonds is 3. The predicted octanol–water partition coefficient (Wildman–Crippen LogP) is -1.65. The van der Waals surface area contributed by atoms with Crippen molar-refractivity contribution in [3.63, 3.8) is 0 Å². The first-order chi connectivity index (χ1) is 8.63. The lowest BCUT2D eigenvalue weighted by Crippen LogP contribution is -3.27. The van der Waals surface area contributed by atoms with E-state index < -0.39 is 0 Å². The lowest BCUT2D eigenvalue weighted by Gasteiger charge is -2.26. The van der Waals surface area contributed by atoms with Crippen LogP contribution in [0.15, 0.2) is 24.3 Å². The number of aryl methyl sites for hydroxylation is 1. The van der Waals surface area contributed by atoms with Gasteiger partial charge in [0.2, 0.25) is 0 Å². The number of carbonyl (C=O) groups is 1. The Hall–Kier alpha value is -1.39. The second-order valence-corrected chi connectivity index (χ2v) is 5.30. The minimum absolute atomic E-state index is 0.119. The zero-order chi connectivity index (χ0) is 13.0. The van der Waals surface area contributed by atoms with E-state index in [0.717, 1.165) is 31.9 Å². The van der Waals surface area contributed by atoms with Gasteiger partial charge in [-0.15, -0.1) is 0 Å². The smallest absolute Gasteiger partial charge is 0.279 e. The van der Waals surface area contributed by atoms with Crippen molar-refractivity contribution in [2.75, 3.05) is 45.1 Å². The number of likely N-dealkylation sites (N-methyl/N-ethyl adjacent to an activating group) is 1. The fraction of sp³-hybridized carbons (Fsp3) is 0.500. The van der Waals surface area contributed by atoms with E-state index >= 15 is 0 Å². The van der Waals surface area contributed by atoms with Gasteiger partial charge in [-0.25, -0.2) is 0 Å². The summed E-state index contributed by atoms with van der Waals surface area (Å²) < 4.78 is 0. The van der Waals surface area contributed by atoms with Gasteiger partial charge in [0.25, 0.3) is 5.91 Å². The van der Waals surface area contributed by atoms with Gasteiger partial charge < -0.3 is 15.1 Å². The molecular weight excluding hydrogens is 226 g/mol. The maximum atomic E-state index is 11.9. The maximum Gasteiger partial charge on any atom is 0.279 e. The Balaban J connectivity index is 1.80. The van der Waals surface area contributed by atoms with E-state index in [1.54, 1.807) is 4.90 Å². The zero-order valence-corrected chi connectivity index (χ0v) is 11.3. The first kappa shape index (κ1) is 13.1.